The summed E-state index contributed by atoms with van der Waals surface area (Å²) >= 11 is 0. The van der Waals surface area contributed by atoms with Crippen LogP contribution in [0.1, 0.15) is 5.69 Å². The van der Waals surface area contributed by atoms with E-state index in [0.717, 1.165) is 22.9 Å². The van der Waals surface area contributed by atoms with E-state index in [1.807, 2.05) is 37.3 Å². The third-order valence-electron chi connectivity index (χ3n) is 2.84. The Morgan fingerprint density at radius 1 is 1.28 bits per heavy atom. The maximum absolute atomic E-state index is 11.4. The summed E-state index contributed by atoms with van der Waals surface area (Å²) in [5.74, 6) is -0.168. The van der Waals surface area contributed by atoms with Crippen molar-refractivity contribution in [3.05, 3.63) is 52.4 Å². The van der Waals surface area contributed by atoms with Gasteiger partial charge in [-0.1, -0.05) is 30.3 Å². The number of aryl methyl sites for hydroxylation is 1. The van der Waals surface area contributed by atoms with Crippen LogP contribution in [0.15, 0.2) is 41.2 Å². The number of nitrogens with one attached hydrogen (secondary N) is 1. The van der Waals surface area contributed by atoms with E-state index in [1.54, 1.807) is 0 Å². The lowest BCUT2D eigenvalue weighted by atomic mass is 10.1. The standard InChI is InChI=1S/C13H11N3O2/c1-8-12(9-5-3-2-4-6-9)13-14-10(17)7-11(18)16(13)15-8/h2-7,18H,1H3,(H,14,17). The summed E-state index contributed by atoms with van der Waals surface area (Å²) in [4.78, 5) is 14.1. The van der Waals surface area contributed by atoms with Crippen LogP contribution in [0.4, 0.5) is 0 Å². The van der Waals surface area contributed by atoms with Gasteiger partial charge < -0.3 is 10.1 Å². The number of H-pyrrole nitrogens is 1. The van der Waals surface area contributed by atoms with Gasteiger partial charge >= 0.3 is 0 Å². The number of aromatic nitrogens is 3. The number of aromatic hydroxyl groups is 1. The Morgan fingerprint density at radius 2 is 2.00 bits per heavy atom. The number of hydrogen-bond donors (Lipinski definition) is 2. The highest BCUT2D eigenvalue weighted by Gasteiger charge is 2.14. The molecule has 3 rings (SSSR count). The molecule has 0 saturated carbocycles. The third-order valence-corrected chi connectivity index (χ3v) is 2.84. The molecule has 2 aromatic heterocycles. The van der Waals surface area contributed by atoms with E-state index in [4.69, 9.17) is 0 Å². The number of hydrogen-bond acceptors (Lipinski definition) is 3. The van der Waals surface area contributed by atoms with E-state index in [1.165, 1.54) is 4.52 Å². The topological polar surface area (TPSA) is 70.4 Å². The first-order chi connectivity index (χ1) is 8.66. The first kappa shape index (κ1) is 10.6. The Bertz CT molecular complexity index is 772. The second-order valence-electron chi connectivity index (χ2n) is 4.08. The van der Waals surface area contributed by atoms with Crippen molar-refractivity contribution in [2.45, 2.75) is 6.92 Å². The molecule has 0 saturated heterocycles. The first-order valence-electron chi connectivity index (χ1n) is 5.54. The molecule has 0 spiro atoms. The van der Waals surface area contributed by atoms with Crippen LogP contribution in [0.25, 0.3) is 16.8 Å². The van der Waals surface area contributed by atoms with Crippen molar-refractivity contribution in [2.75, 3.05) is 0 Å². The van der Waals surface area contributed by atoms with Crippen molar-refractivity contribution < 1.29 is 5.11 Å². The Balaban J connectivity index is 2.43. The summed E-state index contributed by atoms with van der Waals surface area (Å²) in [6.45, 7) is 1.84. The summed E-state index contributed by atoms with van der Waals surface area (Å²) in [5.41, 5.74) is 2.67. The van der Waals surface area contributed by atoms with E-state index in [-0.39, 0.29) is 11.4 Å². The molecule has 1 aromatic carbocycles. The van der Waals surface area contributed by atoms with Gasteiger partial charge in [0.2, 0.25) is 5.88 Å². The highest BCUT2D eigenvalue weighted by atomic mass is 16.3. The minimum absolute atomic E-state index is 0.168. The summed E-state index contributed by atoms with van der Waals surface area (Å²) in [6, 6.07) is 10.7. The molecule has 0 aliphatic rings. The molecule has 0 bridgehead atoms. The van der Waals surface area contributed by atoms with Gasteiger partial charge in [-0.2, -0.15) is 9.61 Å². The van der Waals surface area contributed by atoms with E-state index >= 15 is 0 Å². The molecule has 0 aliphatic carbocycles. The Hall–Kier alpha value is -2.56. The minimum atomic E-state index is -0.350. The molecule has 2 heterocycles. The van der Waals surface area contributed by atoms with Crippen LogP contribution >= 0.6 is 0 Å². The van der Waals surface area contributed by atoms with E-state index < -0.39 is 0 Å². The lowest BCUT2D eigenvalue weighted by Crippen LogP contribution is -2.07. The molecule has 2 N–H and O–H groups in total. The number of fused-ring (bicyclic) bond motifs is 1. The molecule has 90 valence electrons. The van der Waals surface area contributed by atoms with Crippen molar-refractivity contribution in [3.8, 4) is 17.0 Å². The second kappa shape index (κ2) is 3.73. The molecule has 0 aliphatic heterocycles. The molecule has 5 nitrogen and oxygen atoms in total. The van der Waals surface area contributed by atoms with Gasteiger partial charge in [-0.05, 0) is 12.5 Å². The summed E-state index contributed by atoms with van der Waals surface area (Å²) < 4.78 is 1.33. The van der Waals surface area contributed by atoms with Crippen LogP contribution < -0.4 is 5.56 Å². The van der Waals surface area contributed by atoms with Crippen LogP contribution in [0, 0.1) is 6.92 Å². The van der Waals surface area contributed by atoms with Crippen molar-refractivity contribution in [1.29, 1.82) is 0 Å². The van der Waals surface area contributed by atoms with Gasteiger partial charge in [0.05, 0.1) is 11.8 Å². The minimum Gasteiger partial charge on any atom is -0.493 e. The average molecular weight is 241 g/mol. The van der Waals surface area contributed by atoms with E-state index in [2.05, 4.69) is 10.1 Å². The Labute approximate surface area is 102 Å². The zero-order valence-corrected chi connectivity index (χ0v) is 9.71. The van der Waals surface area contributed by atoms with Crippen LogP contribution in [0.3, 0.4) is 0 Å². The predicted molar refractivity (Wildman–Crippen MR) is 67.7 cm³/mol. The molecular weight excluding hydrogens is 230 g/mol. The van der Waals surface area contributed by atoms with Crippen molar-refractivity contribution >= 4 is 5.65 Å². The molecule has 18 heavy (non-hydrogen) atoms. The zero-order chi connectivity index (χ0) is 12.7. The third kappa shape index (κ3) is 1.48. The van der Waals surface area contributed by atoms with E-state index in [0.29, 0.717) is 5.65 Å². The average Bonchev–Trinajstić information content (AvgIpc) is 2.67. The van der Waals surface area contributed by atoms with Gasteiger partial charge in [0, 0.05) is 5.56 Å². The molecule has 5 heteroatoms. The van der Waals surface area contributed by atoms with Gasteiger partial charge in [-0.25, -0.2) is 0 Å². The zero-order valence-electron chi connectivity index (χ0n) is 9.71. The van der Waals surface area contributed by atoms with Crippen molar-refractivity contribution in [1.82, 2.24) is 14.6 Å². The van der Waals surface area contributed by atoms with Gasteiger partial charge in [0.15, 0.2) is 0 Å². The maximum Gasteiger partial charge on any atom is 0.254 e. The van der Waals surface area contributed by atoms with Gasteiger partial charge in [-0.3, -0.25) is 4.79 Å². The lowest BCUT2D eigenvalue weighted by Gasteiger charge is -2.00. The smallest absolute Gasteiger partial charge is 0.254 e. The number of benzene rings is 1. The van der Waals surface area contributed by atoms with Crippen LogP contribution in [-0.2, 0) is 0 Å². The molecule has 0 radical (unpaired) electrons. The Kier molecular flexibility index (Phi) is 2.19. The number of aromatic amines is 1. The largest absolute Gasteiger partial charge is 0.493 e. The molecule has 0 amide bonds. The van der Waals surface area contributed by atoms with Crippen molar-refractivity contribution in [3.63, 3.8) is 0 Å². The molecular formula is C13H11N3O2. The summed E-state index contributed by atoms with van der Waals surface area (Å²) in [7, 11) is 0. The SMILES string of the molecule is Cc1nn2c(O)cc(=O)[nH]c2c1-c1ccccc1. The van der Waals surface area contributed by atoms with Crippen LogP contribution in [-0.4, -0.2) is 19.7 Å². The first-order valence-corrected chi connectivity index (χ1v) is 5.54. The Morgan fingerprint density at radius 3 is 2.72 bits per heavy atom. The van der Waals surface area contributed by atoms with Crippen molar-refractivity contribution in [2.24, 2.45) is 0 Å². The second-order valence-corrected chi connectivity index (χ2v) is 4.08. The highest BCUT2D eigenvalue weighted by Crippen LogP contribution is 2.27. The van der Waals surface area contributed by atoms with Crippen LogP contribution in [0.5, 0.6) is 5.88 Å². The fourth-order valence-corrected chi connectivity index (χ4v) is 2.09. The van der Waals surface area contributed by atoms with E-state index in [9.17, 15) is 9.90 Å². The van der Waals surface area contributed by atoms with Gasteiger partial charge in [-0.15, -0.1) is 0 Å². The normalized spacial score (nSPS) is 10.9. The molecule has 0 atom stereocenters. The molecule has 0 unspecified atom stereocenters. The summed E-state index contributed by atoms with van der Waals surface area (Å²) in [6.07, 6.45) is 0. The maximum atomic E-state index is 11.4. The van der Waals surface area contributed by atoms with Crippen LogP contribution in [0.2, 0.25) is 0 Å². The quantitative estimate of drug-likeness (QED) is 0.681. The number of nitrogens with zero attached hydrogens (tertiary/aromatic N) is 2. The summed E-state index contributed by atoms with van der Waals surface area (Å²) in [5, 5.41) is 13.9. The predicted octanol–water partition coefficient (Wildman–Crippen LogP) is 1.70. The monoisotopic (exact) mass is 241 g/mol. The lowest BCUT2D eigenvalue weighted by molar-refractivity contribution is 0.434. The fraction of sp³-hybridized carbons (Fsp3) is 0.0769. The highest BCUT2D eigenvalue weighted by molar-refractivity contribution is 5.79. The van der Waals surface area contributed by atoms with Gasteiger partial charge in [0.1, 0.15) is 5.65 Å². The number of rotatable bonds is 1. The molecule has 3 aromatic rings. The molecule has 0 fully saturated rings. The fourth-order valence-electron chi connectivity index (χ4n) is 2.09. The van der Waals surface area contributed by atoms with Gasteiger partial charge in [0.25, 0.3) is 5.56 Å².